The Morgan fingerprint density at radius 1 is 1.18 bits per heavy atom. The molecule has 0 amide bonds. The van der Waals surface area contributed by atoms with Crippen molar-refractivity contribution in [3.8, 4) is 5.75 Å². The monoisotopic (exact) mass is 234 g/mol. The first kappa shape index (κ1) is 12.1. The van der Waals surface area contributed by atoms with E-state index in [4.69, 9.17) is 9.84 Å². The lowest BCUT2D eigenvalue weighted by Gasteiger charge is -2.16. The van der Waals surface area contributed by atoms with Crippen LogP contribution in [0.4, 0.5) is 0 Å². The highest BCUT2D eigenvalue weighted by molar-refractivity contribution is 5.83. The second-order valence-corrected chi connectivity index (χ2v) is 4.43. The summed E-state index contributed by atoms with van der Waals surface area (Å²) in [5.41, 5.74) is 2.38. The number of aryl methyl sites for hydroxylation is 1. The van der Waals surface area contributed by atoms with Crippen molar-refractivity contribution in [3.63, 3.8) is 0 Å². The Balaban J connectivity index is 1.95. The third-order valence-corrected chi connectivity index (χ3v) is 3.06. The number of aliphatic hydroxyl groups excluding tert-OH is 1. The smallest absolute Gasteiger partial charge is 0.137 e. The summed E-state index contributed by atoms with van der Waals surface area (Å²) in [5, 5.41) is 8.66. The van der Waals surface area contributed by atoms with Crippen molar-refractivity contribution >= 4 is 5.78 Å². The van der Waals surface area contributed by atoms with Gasteiger partial charge in [0.2, 0.25) is 0 Å². The molecule has 0 bridgehead atoms. The van der Waals surface area contributed by atoms with Crippen LogP contribution in [0.1, 0.15) is 30.4 Å². The number of hydrogen-bond acceptors (Lipinski definition) is 3. The molecule has 2 rings (SSSR count). The van der Waals surface area contributed by atoms with Gasteiger partial charge in [0.15, 0.2) is 0 Å². The fraction of sp³-hybridized carbons (Fsp3) is 0.500. The quantitative estimate of drug-likeness (QED) is 0.791. The Kier molecular flexibility index (Phi) is 4.15. The van der Waals surface area contributed by atoms with Crippen LogP contribution >= 0.6 is 0 Å². The van der Waals surface area contributed by atoms with Crippen LogP contribution in [0.5, 0.6) is 5.75 Å². The Bertz CT molecular complexity index is 398. The number of ether oxygens (including phenoxy) is 1. The first-order chi connectivity index (χ1) is 8.29. The molecule has 1 aliphatic carbocycles. The molecule has 0 fully saturated rings. The van der Waals surface area contributed by atoms with Gasteiger partial charge in [-0.05, 0) is 42.5 Å². The molecule has 17 heavy (non-hydrogen) atoms. The molecule has 0 saturated carbocycles. The lowest BCUT2D eigenvalue weighted by atomic mass is 9.91. The number of unbranched alkanes of at least 4 members (excludes halogenated alkanes) is 1. The normalized spacial score (nSPS) is 14.5. The van der Waals surface area contributed by atoms with E-state index in [1.54, 1.807) is 0 Å². The van der Waals surface area contributed by atoms with E-state index in [0.717, 1.165) is 30.6 Å². The maximum absolute atomic E-state index is 11.4. The van der Waals surface area contributed by atoms with Crippen molar-refractivity contribution in [2.24, 2.45) is 0 Å². The Morgan fingerprint density at radius 2 is 2.06 bits per heavy atom. The van der Waals surface area contributed by atoms with Gasteiger partial charge in [-0.2, -0.15) is 0 Å². The van der Waals surface area contributed by atoms with Crippen LogP contribution in [0.2, 0.25) is 0 Å². The number of Topliss-reactive ketones (excluding diaryl/α,β-unsaturated/α-hetero) is 1. The molecule has 1 N–H and O–H groups in total. The van der Waals surface area contributed by atoms with E-state index in [1.807, 2.05) is 12.1 Å². The van der Waals surface area contributed by atoms with E-state index in [2.05, 4.69) is 6.07 Å². The first-order valence-electron chi connectivity index (χ1n) is 6.17. The van der Waals surface area contributed by atoms with E-state index in [1.165, 1.54) is 5.56 Å². The zero-order chi connectivity index (χ0) is 12.1. The molecule has 1 aromatic rings. The van der Waals surface area contributed by atoms with Gasteiger partial charge in [-0.15, -0.1) is 0 Å². The van der Waals surface area contributed by atoms with Gasteiger partial charge in [-0.25, -0.2) is 0 Å². The van der Waals surface area contributed by atoms with Gasteiger partial charge in [0, 0.05) is 19.4 Å². The second-order valence-electron chi connectivity index (χ2n) is 4.43. The van der Waals surface area contributed by atoms with Gasteiger partial charge in [0.05, 0.1) is 6.61 Å². The van der Waals surface area contributed by atoms with Gasteiger partial charge in [0.25, 0.3) is 0 Å². The Hall–Kier alpha value is -1.35. The molecule has 0 saturated heterocycles. The number of aliphatic hydroxyl groups is 1. The molecule has 3 nitrogen and oxygen atoms in total. The van der Waals surface area contributed by atoms with Crippen molar-refractivity contribution in [1.29, 1.82) is 0 Å². The highest BCUT2D eigenvalue weighted by atomic mass is 16.5. The van der Waals surface area contributed by atoms with Crippen molar-refractivity contribution in [1.82, 2.24) is 0 Å². The van der Waals surface area contributed by atoms with Gasteiger partial charge in [-0.1, -0.05) is 6.07 Å². The maximum Gasteiger partial charge on any atom is 0.137 e. The standard InChI is InChI=1S/C14H18O3/c15-7-1-2-8-17-14-6-4-11-3-5-13(16)9-12(11)10-14/h4,6,10,15H,1-3,5,7-9H2. The average Bonchev–Trinajstić information content (AvgIpc) is 2.34. The summed E-state index contributed by atoms with van der Waals surface area (Å²) in [7, 11) is 0. The fourth-order valence-electron chi connectivity index (χ4n) is 2.08. The van der Waals surface area contributed by atoms with E-state index < -0.39 is 0 Å². The van der Waals surface area contributed by atoms with E-state index in [0.29, 0.717) is 25.2 Å². The molecule has 0 aromatic heterocycles. The van der Waals surface area contributed by atoms with Crippen LogP contribution in [0.25, 0.3) is 0 Å². The summed E-state index contributed by atoms with van der Waals surface area (Å²) in [6, 6.07) is 6.00. The molecule has 1 aliphatic rings. The third-order valence-electron chi connectivity index (χ3n) is 3.06. The van der Waals surface area contributed by atoms with Crippen molar-refractivity contribution in [2.45, 2.75) is 32.1 Å². The van der Waals surface area contributed by atoms with Crippen LogP contribution < -0.4 is 4.74 Å². The third kappa shape index (κ3) is 3.30. The summed E-state index contributed by atoms with van der Waals surface area (Å²) in [6.07, 6.45) is 3.70. The van der Waals surface area contributed by atoms with Crippen LogP contribution in [-0.2, 0) is 17.6 Å². The summed E-state index contributed by atoms with van der Waals surface area (Å²) >= 11 is 0. The molecular formula is C14H18O3. The molecule has 0 aliphatic heterocycles. The molecule has 0 atom stereocenters. The number of fused-ring (bicyclic) bond motifs is 1. The number of carbonyl (C=O) groups is 1. The van der Waals surface area contributed by atoms with Crippen LogP contribution in [0.3, 0.4) is 0 Å². The molecule has 0 heterocycles. The lowest BCUT2D eigenvalue weighted by Crippen LogP contribution is -2.13. The summed E-state index contributed by atoms with van der Waals surface area (Å²) in [5.74, 6) is 1.14. The van der Waals surface area contributed by atoms with Crippen LogP contribution in [0, 0.1) is 0 Å². The number of hydrogen-bond donors (Lipinski definition) is 1. The topological polar surface area (TPSA) is 46.5 Å². The predicted molar refractivity (Wildman–Crippen MR) is 65.3 cm³/mol. The minimum absolute atomic E-state index is 0.210. The Labute approximate surface area is 101 Å². The zero-order valence-corrected chi connectivity index (χ0v) is 9.95. The van der Waals surface area contributed by atoms with Gasteiger partial charge < -0.3 is 9.84 Å². The molecule has 92 valence electrons. The van der Waals surface area contributed by atoms with E-state index >= 15 is 0 Å². The van der Waals surface area contributed by atoms with Crippen LogP contribution in [0.15, 0.2) is 18.2 Å². The van der Waals surface area contributed by atoms with Crippen LogP contribution in [-0.4, -0.2) is 24.1 Å². The molecule has 3 heteroatoms. The van der Waals surface area contributed by atoms with Gasteiger partial charge in [0.1, 0.15) is 11.5 Å². The van der Waals surface area contributed by atoms with Crippen molar-refractivity contribution in [2.75, 3.05) is 13.2 Å². The fourth-order valence-corrected chi connectivity index (χ4v) is 2.08. The summed E-state index contributed by atoms with van der Waals surface area (Å²) in [6.45, 7) is 0.829. The van der Waals surface area contributed by atoms with Gasteiger partial charge >= 0.3 is 0 Å². The van der Waals surface area contributed by atoms with Crippen molar-refractivity contribution in [3.05, 3.63) is 29.3 Å². The molecular weight excluding hydrogens is 216 g/mol. The Morgan fingerprint density at radius 3 is 2.88 bits per heavy atom. The number of ketones is 1. The number of carbonyl (C=O) groups excluding carboxylic acids is 1. The highest BCUT2D eigenvalue weighted by Gasteiger charge is 2.15. The average molecular weight is 234 g/mol. The molecule has 0 radical (unpaired) electrons. The SMILES string of the molecule is O=C1CCc2ccc(OCCCCO)cc2C1. The minimum atomic E-state index is 0.210. The van der Waals surface area contributed by atoms with Gasteiger partial charge in [-0.3, -0.25) is 4.79 Å². The maximum atomic E-state index is 11.4. The number of benzene rings is 1. The van der Waals surface area contributed by atoms with Crippen molar-refractivity contribution < 1.29 is 14.6 Å². The lowest BCUT2D eigenvalue weighted by molar-refractivity contribution is -0.118. The predicted octanol–water partition coefficient (Wildman–Crippen LogP) is 1.90. The molecule has 0 unspecified atom stereocenters. The zero-order valence-electron chi connectivity index (χ0n) is 9.95. The minimum Gasteiger partial charge on any atom is -0.494 e. The largest absolute Gasteiger partial charge is 0.494 e. The van der Waals surface area contributed by atoms with E-state index in [-0.39, 0.29) is 6.61 Å². The number of rotatable bonds is 5. The van der Waals surface area contributed by atoms with E-state index in [9.17, 15) is 4.79 Å². The molecule has 1 aromatic carbocycles. The first-order valence-corrected chi connectivity index (χ1v) is 6.17. The highest BCUT2D eigenvalue weighted by Crippen LogP contribution is 2.24. The summed E-state index contributed by atoms with van der Waals surface area (Å²) in [4.78, 5) is 11.4. The molecule has 0 spiro atoms. The summed E-state index contributed by atoms with van der Waals surface area (Å²) < 4.78 is 5.59. The second kappa shape index (κ2) is 5.82.